The van der Waals surface area contributed by atoms with E-state index >= 15 is 0 Å². The molecule has 0 saturated heterocycles. The van der Waals surface area contributed by atoms with Crippen LogP contribution in [0.1, 0.15) is 24.2 Å². The predicted octanol–water partition coefficient (Wildman–Crippen LogP) is 3.15. The molecule has 0 bridgehead atoms. The van der Waals surface area contributed by atoms with Crippen molar-refractivity contribution in [3.8, 4) is 11.5 Å². The van der Waals surface area contributed by atoms with E-state index in [-0.39, 0.29) is 18.7 Å². The molecule has 1 N–H and O–H groups in total. The van der Waals surface area contributed by atoms with E-state index in [0.717, 1.165) is 27.1 Å². The molecule has 0 unspecified atom stereocenters. The maximum Gasteiger partial charge on any atom is 0.231 e. The monoisotopic (exact) mass is 336 g/mol. The first-order chi connectivity index (χ1) is 10.6. The van der Waals surface area contributed by atoms with Gasteiger partial charge in [-0.3, -0.25) is 4.79 Å². The first kappa shape index (κ1) is 15.2. The van der Waals surface area contributed by atoms with Crippen molar-refractivity contribution in [3.05, 3.63) is 34.8 Å². The van der Waals surface area contributed by atoms with Crippen molar-refractivity contribution in [2.24, 2.45) is 0 Å². The van der Waals surface area contributed by atoms with Gasteiger partial charge in [-0.15, -0.1) is 11.3 Å². The second-order valence-electron chi connectivity index (χ2n) is 4.95. The molecule has 1 aromatic carbocycles. The number of carbonyl (C=O) groups excluding carboxylic acids is 1. The highest BCUT2D eigenvalue weighted by molar-refractivity contribution is 8.01. The van der Waals surface area contributed by atoms with E-state index in [2.05, 4.69) is 10.3 Å². The largest absolute Gasteiger partial charge is 0.454 e. The lowest BCUT2D eigenvalue weighted by Gasteiger charge is -2.14. The Kier molecular flexibility index (Phi) is 4.54. The van der Waals surface area contributed by atoms with Gasteiger partial charge in [-0.05, 0) is 31.5 Å². The zero-order valence-corrected chi connectivity index (χ0v) is 13.9. The molecule has 1 aromatic heterocycles. The van der Waals surface area contributed by atoms with Crippen LogP contribution >= 0.6 is 23.1 Å². The van der Waals surface area contributed by atoms with E-state index in [1.54, 1.807) is 11.3 Å². The van der Waals surface area contributed by atoms with Crippen LogP contribution in [0.5, 0.6) is 11.5 Å². The topological polar surface area (TPSA) is 60.5 Å². The molecule has 2 heterocycles. The van der Waals surface area contributed by atoms with Crippen LogP contribution in [0, 0.1) is 6.92 Å². The summed E-state index contributed by atoms with van der Waals surface area (Å²) in [6, 6.07) is 5.63. The summed E-state index contributed by atoms with van der Waals surface area (Å²) in [5.41, 5.74) is 1.98. The molecule has 0 saturated carbocycles. The second kappa shape index (κ2) is 6.58. The summed E-state index contributed by atoms with van der Waals surface area (Å²) in [6.45, 7) is 4.15. The van der Waals surface area contributed by atoms with Crippen LogP contribution in [0.25, 0.3) is 0 Å². The number of nitrogens with one attached hydrogen (secondary N) is 1. The van der Waals surface area contributed by atoms with Gasteiger partial charge in [0.1, 0.15) is 0 Å². The average molecular weight is 336 g/mol. The normalized spacial score (nSPS) is 13.9. The standard InChI is InChI=1S/C15H16N2O3S2/c1-9-6-21-15(16-9)22-7-14(18)17-10(2)11-3-4-12-13(5-11)20-8-19-12/h3-6,10H,7-8H2,1-2H3,(H,17,18)/t10-/m1/s1. The molecule has 0 spiro atoms. The molecule has 22 heavy (non-hydrogen) atoms. The van der Waals surface area contributed by atoms with Gasteiger partial charge in [0, 0.05) is 11.1 Å². The number of aryl methyl sites for hydroxylation is 1. The number of amides is 1. The van der Waals surface area contributed by atoms with Gasteiger partial charge >= 0.3 is 0 Å². The number of fused-ring (bicyclic) bond motifs is 1. The molecule has 0 radical (unpaired) electrons. The first-order valence-electron chi connectivity index (χ1n) is 6.85. The Balaban J connectivity index is 1.54. The Labute approximate surface area is 137 Å². The van der Waals surface area contributed by atoms with Crippen molar-refractivity contribution in [1.82, 2.24) is 10.3 Å². The molecule has 1 atom stereocenters. The molecule has 5 nitrogen and oxygen atoms in total. The third-order valence-corrected chi connectivity index (χ3v) is 5.34. The number of ether oxygens (including phenoxy) is 2. The van der Waals surface area contributed by atoms with Crippen molar-refractivity contribution < 1.29 is 14.3 Å². The van der Waals surface area contributed by atoms with E-state index in [9.17, 15) is 4.79 Å². The molecule has 7 heteroatoms. The average Bonchev–Trinajstić information content (AvgIpc) is 3.12. The summed E-state index contributed by atoms with van der Waals surface area (Å²) < 4.78 is 11.6. The van der Waals surface area contributed by atoms with E-state index in [1.807, 2.05) is 37.4 Å². The Hall–Kier alpha value is -1.73. The van der Waals surface area contributed by atoms with Crippen LogP contribution in [-0.2, 0) is 4.79 Å². The van der Waals surface area contributed by atoms with Crippen LogP contribution < -0.4 is 14.8 Å². The van der Waals surface area contributed by atoms with Gasteiger partial charge in [0.2, 0.25) is 12.7 Å². The summed E-state index contributed by atoms with van der Waals surface area (Å²) in [4.78, 5) is 16.4. The Bertz CT molecular complexity index is 687. The number of hydrogen-bond donors (Lipinski definition) is 1. The van der Waals surface area contributed by atoms with Gasteiger partial charge in [-0.25, -0.2) is 4.98 Å². The first-order valence-corrected chi connectivity index (χ1v) is 8.72. The lowest BCUT2D eigenvalue weighted by atomic mass is 10.1. The fourth-order valence-electron chi connectivity index (χ4n) is 2.07. The highest BCUT2D eigenvalue weighted by atomic mass is 32.2. The van der Waals surface area contributed by atoms with Gasteiger partial charge in [0.05, 0.1) is 11.8 Å². The van der Waals surface area contributed by atoms with Crippen LogP contribution in [0.15, 0.2) is 27.9 Å². The Morgan fingerprint density at radius 1 is 1.45 bits per heavy atom. The fraction of sp³-hybridized carbons (Fsp3) is 0.333. The number of carbonyl (C=O) groups is 1. The van der Waals surface area contributed by atoms with E-state index < -0.39 is 0 Å². The summed E-state index contributed by atoms with van der Waals surface area (Å²) in [7, 11) is 0. The lowest BCUT2D eigenvalue weighted by molar-refractivity contribution is -0.119. The molecular formula is C15H16N2O3S2. The van der Waals surface area contributed by atoms with E-state index in [1.165, 1.54) is 11.8 Å². The second-order valence-corrected chi connectivity index (χ2v) is 7.03. The number of thiazole rings is 1. The number of rotatable bonds is 5. The third-order valence-electron chi connectivity index (χ3n) is 3.20. The van der Waals surface area contributed by atoms with Crippen molar-refractivity contribution in [2.75, 3.05) is 12.5 Å². The Morgan fingerprint density at radius 2 is 2.27 bits per heavy atom. The fourth-order valence-corrected chi connectivity index (χ4v) is 3.74. The molecule has 1 aliphatic rings. The van der Waals surface area contributed by atoms with Gasteiger partial charge in [-0.2, -0.15) is 0 Å². The van der Waals surface area contributed by atoms with E-state index in [4.69, 9.17) is 9.47 Å². The van der Waals surface area contributed by atoms with Gasteiger partial charge in [-0.1, -0.05) is 17.8 Å². The molecule has 1 aliphatic heterocycles. The Morgan fingerprint density at radius 3 is 3.05 bits per heavy atom. The van der Waals surface area contributed by atoms with Crippen molar-refractivity contribution in [3.63, 3.8) is 0 Å². The molecule has 1 amide bonds. The minimum Gasteiger partial charge on any atom is -0.454 e. The molecule has 3 rings (SSSR count). The molecular weight excluding hydrogens is 320 g/mol. The van der Waals surface area contributed by atoms with E-state index in [0.29, 0.717) is 5.75 Å². The zero-order chi connectivity index (χ0) is 15.5. The third kappa shape index (κ3) is 3.53. The predicted molar refractivity (Wildman–Crippen MR) is 86.7 cm³/mol. The number of nitrogens with zero attached hydrogens (tertiary/aromatic N) is 1. The van der Waals surface area contributed by atoms with Gasteiger partial charge in [0.25, 0.3) is 0 Å². The van der Waals surface area contributed by atoms with Gasteiger partial charge in [0.15, 0.2) is 15.8 Å². The van der Waals surface area contributed by atoms with Crippen molar-refractivity contribution >= 4 is 29.0 Å². The smallest absolute Gasteiger partial charge is 0.231 e. The zero-order valence-electron chi connectivity index (χ0n) is 12.3. The number of hydrogen-bond acceptors (Lipinski definition) is 6. The minimum atomic E-state index is -0.0827. The quantitative estimate of drug-likeness (QED) is 0.850. The number of benzene rings is 1. The van der Waals surface area contributed by atoms with Crippen LogP contribution in [-0.4, -0.2) is 23.4 Å². The maximum absolute atomic E-state index is 12.0. The van der Waals surface area contributed by atoms with Crippen LogP contribution in [0.3, 0.4) is 0 Å². The number of aromatic nitrogens is 1. The lowest BCUT2D eigenvalue weighted by Crippen LogP contribution is -2.28. The number of thioether (sulfide) groups is 1. The van der Waals surface area contributed by atoms with Crippen molar-refractivity contribution in [1.29, 1.82) is 0 Å². The summed E-state index contributed by atoms with van der Waals surface area (Å²) in [5, 5.41) is 4.97. The summed E-state index contributed by atoms with van der Waals surface area (Å²) >= 11 is 3.02. The van der Waals surface area contributed by atoms with Crippen LogP contribution in [0.2, 0.25) is 0 Å². The molecule has 2 aromatic rings. The maximum atomic E-state index is 12.0. The minimum absolute atomic E-state index is 0.0111. The highest BCUT2D eigenvalue weighted by Gasteiger charge is 2.17. The summed E-state index contributed by atoms with van der Waals surface area (Å²) in [6.07, 6.45) is 0. The highest BCUT2D eigenvalue weighted by Crippen LogP contribution is 2.34. The molecule has 116 valence electrons. The van der Waals surface area contributed by atoms with Crippen LogP contribution in [0.4, 0.5) is 0 Å². The van der Waals surface area contributed by atoms with Gasteiger partial charge < -0.3 is 14.8 Å². The summed E-state index contributed by atoms with van der Waals surface area (Å²) in [5.74, 6) is 1.83. The van der Waals surface area contributed by atoms with Crippen molar-refractivity contribution in [2.45, 2.75) is 24.2 Å². The molecule has 0 aliphatic carbocycles. The SMILES string of the molecule is Cc1csc(SCC(=O)N[C@H](C)c2ccc3c(c2)OCO3)n1. The molecule has 0 fully saturated rings.